The molecule has 1 aromatic heterocycles. The van der Waals surface area contributed by atoms with Crippen LogP contribution in [-0.2, 0) is 12.8 Å². The topological polar surface area (TPSA) is 35.0 Å². The molecule has 0 aliphatic carbocycles. The summed E-state index contributed by atoms with van der Waals surface area (Å²) in [6.07, 6.45) is -4.46. The second-order valence-corrected chi connectivity index (χ2v) is 4.02. The normalized spacial score (nSPS) is 11.4. The SMILES string of the molecule is FC(F)(F)c1ccccc1OCc1ccc(Cl)nn1. The zero-order valence-corrected chi connectivity index (χ0v) is 10.2. The average Bonchev–Trinajstić information content (AvgIpc) is 2.37. The van der Waals surface area contributed by atoms with Gasteiger partial charge in [0.15, 0.2) is 5.15 Å². The van der Waals surface area contributed by atoms with E-state index in [1.807, 2.05) is 0 Å². The lowest BCUT2D eigenvalue weighted by molar-refractivity contribution is -0.139. The van der Waals surface area contributed by atoms with Crippen molar-refractivity contribution in [3.8, 4) is 5.75 Å². The van der Waals surface area contributed by atoms with E-state index in [0.717, 1.165) is 6.07 Å². The van der Waals surface area contributed by atoms with Crippen LogP contribution in [0.4, 0.5) is 13.2 Å². The van der Waals surface area contributed by atoms with E-state index in [4.69, 9.17) is 16.3 Å². The highest BCUT2D eigenvalue weighted by molar-refractivity contribution is 6.29. The number of ether oxygens (including phenoxy) is 1. The third kappa shape index (κ3) is 3.57. The summed E-state index contributed by atoms with van der Waals surface area (Å²) in [6.45, 7) is -0.114. The second kappa shape index (κ2) is 5.44. The van der Waals surface area contributed by atoms with Gasteiger partial charge in [0.1, 0.15) is 18.1 Å². The summed E-state index contributed by atoms with van der Waals surface area (Å²) >= 11 is 5.55. The molecular formula is C12H8ClF3N2O. The number of nitrogens with zero attached hydrogens (tertiary/aromatic N) is 2. The van der Waals surface area contributed by atoms with Gasteiger partial charge in [0.2, 0.25) is 0 Å². The van der Waals surface area contributed by atoms with Gasteiger partial charge >= 0.3 is 6.18 Å². The molecule has 0 bridgehead atoms. The highest BCUT2D eigenvalue weighted by atomic mass is 35.5. The molecule has 100 valence electrons. The average molecular weight is 289 g/mol. The third-order valence-electron chi connectivity index (χ3n) is 2.26. The molecule has 0 saturated heterocycles. The Morgan fingerprint density at radius 2 is 1.79 bits per heavy atom. The fourth-order valence-corrected chi connectivity index (χ4v) is 1.50. The second-order valence-electron chi connectivity index (χ2n) is 3.63. The molecule has 3 nitrogen and oxygen atoms in total. The Morgan fingerprint density at radius 3 is 2.42 bits per heavy atom. The summed E-state index contributed by atoms with van der Waals surface area (Å²) in [6, 6.07) is 8.01. The molecule has 0 saturated carbocycles. The maximum Gasteiger partial charge on any atom is 0.419 e. The van der Waals surface area contributed by atoms with Crippen LogP contribution in [0.25, 0.3) is 0 Å². The first kappa shape index (κ1) is 13.6. The van der Waals surface area contributed by atoms with E-state index >= 15 is 0 Å². The van der Waals surface area contributed by atoms with Gasteiger partial charge in [-0.2, -0.15) is 18.3 Å². The molecule has 2 rings (SSSR count). The largest absolute Gasteiger partial charge is 0.487 e. The first-order valence-electron chi connectivity index (χ1n) is 5.24. The van der Waals surface area contributed by atoms with E-state index < -0.39 is 11.7 Å². The molecule has 1 heterocycles. The van der Waals surface area contributed by atoms with Crippen molar-refractivity contribution in [2.24, 2.45) is 0 Å². The lowest BCUT2D eigenvalue weighted by atomic mass is 10.2. The Balaban J connectivity index is 2.14. The molecule has 0 fully saturated rings. The van der Waals surface area contributed by atoms with E-state index in [1.165, 1.54) is 30.3 Å². The molecule has 0 spiro atoms. The van der Waals surface area contributed by atoms with Crippen molar-refractivity contribution in [2.45, 2.75) is 12.8 Å². The fourth-order valence-electron chi connectivity index (χ4n) is 1.40. The van der Waals surface area contributed by atoms with Crippen molar-refractivity contribution in [1.82, 2.24) is 10.2 Å². The maximum absolute atomic E-state index is 12.7. The Hall–Kier alpha value is -1.82. The molecule has 2 aromatic rings. The van der Waals surface area contributed by atoms with Gasteiger partial charge in [-0.1, -0.05) is 23.7 Å². The van der Waals surface area contributed by atoms with Crippen molar-refractivity contribution < 1.29 is 17.9 Å². The molecule has 7 heteroatoms. The van der Waals surface area contributed by atoms with Crippen molar-refractivity contribution in [2.75, 3.05) is 0 Å². The van der Waals surface area contributed by atoms with Crippen LogP contribution in [-0.4, -0.2) is 10.2 Å². The number of halogens is 4. The van der Waals surface area contributed by atoms with Gasteiger partial charge in [0.25, 0.3) is 0 Å². The summed E-state index contributed by atoms with van der Waals surface area (Å²) in [5.74, 6) is -0.244. The van der Waals surface area contributed by atoms with Gasteiger partial charge in [-0.15, -0.1) is 5.10 Å². The maximum atomic E-state index is 12.7. The first-order valence-corrected chi connectivity index (χ1v) is 5.62. The highest BCUT2D eigenvalue weighted by Crippen LogP contribution is 2.36. The molecule has 0 amide bonds. The van der Waals surface area contributed by atoms with Gasteiger partial charge in [-0.3, -0.25) is 0 Å². The first-order chi connectivity index (χ1) is 8.97. The third-order valence-corrected chi connectivity index (χ3v) is 2.46. The summed E-state index contributed by atoms with van der Waals surface area (Å²) < 4.78 is 43.2. The van der Waals surface area contributed by atoms with Crippen LogP contribution in [0.3, 0.4) is 0 Å². The quantitative estimate of drug-likeness (QED) is 0.863. The Kier molecular flexibility index (Phi) is 3.90. The van der Waals surface area contributed by atoms with Crippen LogP contribution in [0.5, 0.6) is 5.75 Å². The van der Waals surface area contributed by atoms with Gasteiger partial charge in [-0.05, 0) is 24.3 Å². The van der Waals surface area contributed by atoms with Crippen molar-refractivity contribution in [1.29, 1.82) is 0 Å². The van der Waals surface area contributed by atoms with Gasteiger partial charge < -0.3 is 4.74 Å². The number of hydrogen-bond acceptors (Lipinski definition) is 3. The summed E-state index contributed by atoms with van der Waals surface area (Å²) in [5, 5.41) is 7.48. The lowest BCUT2D eigenvalue weighted by Gasteiger charge is -2.13. The number of alkyl halides is 3. The summed E-state index contributed by atoms with van der Waals surface area (Å²) in [5.41, 5.74) is -0.432. The fraction of sp³-hybridized carbons (Fsp3) is 0.167. The minimum atomic E-state index is -4.46. The van der Waals surface area contributed by atoms with E-state index in [1.54, 1.807) is 0 Å². The van der Waals surface area contributed by atoms with Crippen molar-refractivity contribution >= 4 is 11.6 Å². The van der Waals surface area contributed by atoms with E-state index in [0.29, 0.717) is 5.69 Å². The van der Waals surface area contributed by atoms with E-state index in [2.05, 4.69) is 10.2 Å². The summed E-state index contributed by atoms with van der Waals surface area (Å²) in [4.78, 5) is 0. The molecular weight excluding hydrogens is 281 g/mol. The van der Waals surface area contributed by atoms with Crippen LogP contribution in [0.1, 0.15) is 11.3 Å². The molecule has 0 N–H and O–H groups in total. The van der Waals surface area contributed by atoms with Gasteiger partial charge in [0.05, 0.1) is 5.56 Å². The van der Waals surface area contributed by atoms with Gasteiger partial charge in [0, 0.05) is 0 Å². The Morgan fingerprint density at radius 1 is 1.05 bits per heavy atom. The number of para-hydroxylation sites is 1. The Bertz CT molecular complexity index is 558. The Labute approximate surface area is 112 Å². The monoisotopic (exact) mass is 288 g/mol. The predicted molar refractivity (Wildman–Crippen MR) is 62.8 cm³/mol. The summed E-state index contributed by atoms with van der Waals surface area (Å²) in [7, 11) is 0. The molecule has 19 heavy (non-hydrogen) atoms. The number of hydrogen-bond donors (Lipinski definition) is 0. The zero-order valence-electron chi connectivity index (χ0n) is 9.49. The molecule has 0 aliphatic heterocycles. The molecule has 0 unspecified atom stereocenters. The van der Waals surface area contributed by atoms with Gasteiger partial charge in [-0.25, -0.2) is 0 Å². The molecule has 1 aromatic carbocycles. The van der Waals surface area contributed by atoms with Crippen LogP contribution in [0.2, 0.25) is 5.15 Å². The van der Waals surface area contributed by atoms with Crippen molar-refractivity contribution in [3.63, 3.8) is 0 Å². The minimum absolute atomic E-state index is 0.114. The van der Waals surface area contributed by atoms with E-state index in [9.17, 15) is 13.2 Å². The van der Waals surface area contributed by atoms with Crippen molar-refractivity contribution in [3.05, 3.63) is 52.8 Å². The molecule has 0 atom stereocenters. The number of aromatic nitrogens is 2. The minimum Gasteiger partial charge on any atom is -0.487 e. The highest BCUT2D eigenvalue weighted by Gasteiger charge is 2.33. The molecule has 0 radical (unpaired) electrons. The van der Waals surface area contributed by atoms with Crippen LogP contribution in [0.15, 0.2) is 36.4 Å². The standard InChI is InChI=1S/C12H8ClF3N2O/c13-11-6-5-8(17-18-11)7-19-10-4-2-1-3-9(10)12(14,15)16/h1-6H,7H2. The van der Waals surface area contributed by atoms with Crippen LogP contribution >= 0.6 is 11.6 Å². The number of rotatable bonds is 3. The predicted octanol–water partition coefficient (Wildman–Crippen LogP) is 3.73. The van der Waals surface area contributed by atoms with E-state index in [-0.39, 0.29) is 17.5 Å². The lowest BCUT2D eigenvalue weighted by Crippen LogP contribution is -2.09. The zero-order chi connectivity index (χ0) is 13.9. The van der Waals surface area contributed by atoms with Crippen LogP contribution < -0.4 is 4.74 Å². The van der Waals surface area contributed by atoms with Crippen LogP contribution in [0, 0.1) is 0 Å². The number of benzene rings is 1. The smallest absolute Gasteiger partial charge is 0.419 e. The molecule has 0 aliphatic rings.